The summed E-state index contributed by atoms with van der Waals surface area (Å²) in [6.07, 6.45) is 2.02. The Morgan fingerprint density at radius 1 is 0.816 bits per heavy atom. The number of carbonyl (C=O) groups is 4. The number of amides is 4. The van der Waals surface area contributed by atoms with Gasteiger partial charge in [-0.1, -0.05) is 50.1 Å². The van der Waals surface area contributed by atoms with Gasteiger partial charge in [-0.2, -0.15) is 0 Å². The number of aliphatic carboxylic acids is 1. The summed E-state index contributed by atoms with van der Waals surface area (Å²) in [6.45, 7) is 3.86. The van der Waals surface area contributed by atoms with Gasteiger partial charge in [-0.05, 0) is 66.9 Å². The van der Waals surface area contributed by atoms with Crippen LogP contribution in [0.15, 0.2) is 72.8 Å². The van der Waals surface area contributed by atoms with Crippen LogP contribution in [-0.2, 0) is 16.0 Å². The van der Waals surface area contributed by atoms with Crippen molar-refractivity contribution in [1.82, 2.24) is 5.32 Å². The van der Waals surface area contributed by atoms with Crippen LogP contribution in [0.4, 0.5) is 21.9 Å². The fourth-order valence-corrected chi connectivity index (χ4v) is 3.71. The maximum atomic E-state index is 12.5. The molecule has 3 rings (SSSR count). The molecule has 0 aliphatic rings. The lowest BCUT2D eigenvalue weighted by molar-refractivity contribution is -0.139. The Kier molecular flexibility index (Phi) is 9.99. The number of para-hydroxylation sites is 1. The lowest BCUT2D eigenvalue weighted by atomic mass is 10.1. The summed E-state index contributed by atoms with van der Waals surface area (Å²) in [4.78, 5) is 48.5. The van der Waals surface area contributed by atoms with Gasteiger partial charge in [0.25, 0.3) is 5.91 Å². The number of urea groups is 1. The summed E-state index contributed by atoms with van der Waals surface area (Å²) in [7, 11) is 0. The standard InChI is InChI=1S/C29H32N4O5/c1-3-4-8-25(28(36)37)32-27(35)21-12-16-22(17-13-21)30-26(34)18-20-10-14-23(15-11-20)31-29(38)33-24-9-6-5-7-19(24)2/h5-7,9-17,25H,3-4,8,18H2,1-2H3,(H,30,34)(H,32,35)(H,36,37)(H2,31,33,38). The number of anilines is 3. The summed E-state index contributed by atoms with van der Waals surface area (Å²) in [6, 6.07) is 19.4. The van der Waals surface area contributed by atoms with Crippen LogP contribution in [0, 0.1) is 6.92 Å². The largest absolute Gasteiger partial charge is 0.480 e. The van der Waals surface area contributed by atoms with Crippen molar-refractivity contribution in [2.75, 3.05) is 16.0 Å². The molecule has 0 saturated carbocycles. The third-order valence-electron chi connectivity index (χ3n) is 5.85. The molecule has 0 bridgehead atoms. The maximum absolute atomic E-state index is 12.5. The lowest BCUT2D eigenvalue weighted by Crippen LogP contribution is -2.40. The number of unbranched alkanes of at least 4 members (excludes halogenated alkanes) is 1. The normalized spacial score (nSPS) is 11.2. The van der Waals surface area contributed by atoms with Crippen LogP contribution in [0.1, 0.15) is 47.7 Å². The number of carbonyl (C=O) groups excluding carboxylic acids is 3. The quantitative estimate of drug-likeness (QED) is 0.239. The van der Waals surface area contributed by atoms with Crippen molar-refractivity contribution >= 4 is 40.9 Å². The average molecular weight is 517 g/mol. The molecule has 1 atom stereocenters. The van der Waals surface area contributed by atoms with Crippen LogP contribution in [-0.4, -0.2) is 35.0 Å². The molecule has 3 aromatic carbocycles. The van der Waals surface area contributed by atoms with Gasteiger partial charge in [0.15, 0.2) is 0 Å². The third kappa shape index (κ3) is 8.48. The van der Waals surface area contributed by atoms with E-state index in [-0.39, 0.29) is 18.4 Å². The Morgan fingerprint density at radius 3 is 2.08 bits per heavy atom. The van der Waals surface area contributed by atoms with Crippen molar-refractivity contribution < 1.29 is 24.3 Å². The second kappa shape index (κ2) is 13.6. The highest BCUT2D eigenvalue weighted by Gasteiger charge is 2.20. The molecule has 0 saturated heterocycles. The first-order valence-electron chi connectivity index (χ1n) is 12.4. The number of nitrogens with one attached hydrogen (secondary N) is 4. The minimum atomic E-state index is -1.06. The van der Waals surface area contributed by atoms with Gasteiger partial charge in [-0.3, -0.25) is 9.59 Å². The molecule has 0 heterocycles. The Balaban J connectivity index is 1.49. The molecule has 0 aliphatic carbocycles. The van der Waals surface area contributed by atoms with E-state index in [4.69, 9.17) is 0 Å². The van der Waals surface area contributed by atoms with E-state index in [1.165, 1.54) is 12.1 Å². The Bertz CT molecular complexity index is 1270. The van der Waals surface area contributed by atoms with Gasteiger partial charge >= 0.3 is 12.0 Å². The number of benzene rings is 3. The molecule has 0 aromatic heterocycles. The monoisotopic (exact) mass is 516 g/mol. The highest BCUT2D eigenvalue weighted by atomic mass is 16.4. The van der Waals surface area contributed by atoms with Gasteiger partial charge in [0.2, 0.25) is 5.91 Å². The van der Waals surface area contributed by atoms with Crippen LogP contribution in [0.2, 0.25) is 0 Å². The van der Waals surface area contributed by atoms with Gasteiger partial charge in [-0.15, -0.1) is 0 Å². The number of aryl methyl sites for hydroxylation is 1. The van der Waals surface area contributed by atoms with Gasteiger partial charge in [-0.25, -0.2) is 9.59 Å². The zero-order chi connectivity index (χ0) is 27.5. The van der Waals surface area contributed by atoms with Crippen LogP contribution < -0.4 is 21.3 Å². The fourth-order valence-electron chi connectivity index (χ4n) is 3.71. The van der Waals surface area contributed by atoms with Gasteiger partial charge in [0, 0.05) is 22.6 Å². The molecule has 38 heavy (non-hydrogen) atoms. The van der Waals surface area contributed by atoms with Crippen molar-refractivity contribution in [2.45, 2.75) is 45.6 Å². The number of hydrogen-bond acceptors (Lipinski definition) is 4. The average Bonchev–Trinajstić information content (AvgIpc) is 2.89. The molecule has 9 heteroatoms. The van der Waals surface area contributed by atoms with E-state index in [1.807, 2.05) is 38.1 Å². The highest BCUT2D eigenvalue weighted by Crippen LogP contribution is 2.16. The van der Waals surface area contributed by atoms with Crippen LogP contribution in [0.5, 0.6) is 0 Å². The number of rotatable bonds is 11. The SMILES string of the molecule is CCCCC(NC(=O)c1ccc(NC(=O)Cc2ccc(NC(=O)Nc3ccccc3C)cc2)cc1)C(=O)O. The van der Waals surface area contributed by atoms with Crippen LogP contribution in [0.25, 0.3) is 0 Å². The minimum absolute atomic E-state index is 0.121. The van der Waals surface area contributed by atoms with E-state index in [0.717, 1.165) is 23.2 Å². The van der Waals surface area contributed by atoms with E-state index in [9.17, 15) is 24.3 Å². The van der Waals surface area contributed by atoms with E-state index in [0.29, 0.717) is 29.8 Å². The molecule has 9 nitrogen and oxygen atoms in total. The first-order valence-corrected chi connectivity index (χ1v) is 12.4. The smallest absolute Gasteiger partial charge is 0.326 e. The molecule has 4 amide bonds. The van der Waals surface area contributed by atoms with E-state index >= 15 is 0 Å². The molecule has 5 N–H and O–H groups in total. The Morgan fingerprint density at radius 2 is 1.45 bits per heavy atom. The molecule has 0 aliphatic heterocycles. The molecular formula is C29H32N4O5. The number of hydrogen-bond donors (Lipinski definition) is 5. The molecule has 198 valence electrons. The van der Waals surface area contributed by atoms with E-state index < -0.39 is 17.9 Å². The lowest BCUT2D eigenvalue weighted by Gasteiger charge is -2.14. The first kappa shape index (κ1) is 27.9. The summed E-state index contributed by atoms with van der Waals surface area (Å²) in [5.74, 6) is -1.79. The predicted octanol–water partition coefficient (Wildman–Crippen LogP) is 5.19. The Labute approximate surface area is 221 Å². The molecule has 1 unspecified atom stereocenters. The summed E-state index contributed by atoms with van der Waals surface area (Å²) < 4.78 is 0. The number of carboxylic acid groups (broad SMARTS) is 1. The molecule has 0 spiro atoms. The zero-order valence-corrected chi connectivity index (χ0v) is 21.4. The van der Waals surface area contributed by atoms with E-state index in [2.05, 4.69) is 21.3 Å². The Hall–Kier alpha value is -4.66. The van der Waals surface area contributed by atoms with Crippen LogP contribution >= 0.6 is 0 Å². The van der Waals surface area contributed by atoms with Crippen molar-refractivity contribution in [3.8, 4) is 0 Å². The topological polar surface area (TPSA) is 137 Å². The maximum Gasteiger partial charge on any atom is 0.326 e. The zero-order valence-electron chi connectivity index (χ0n) is 21.4. The summed E-state index contributed by atoms with van der Waals surface area (Å²) in [5, 5.41) is 20.2. The summed E-state index contributed by atoms with van der Waals surface area (Å²) in [5.41, 5.74) is 3.85. The third-order valence-corrected chi connectivity index (χ3v) is 5.85. The molecular weight excluding hydrogens is 484 g/mol. The van der Waals surface area contributed by atoms with Crippen molar-refractivity contribution in [3.63, 3.8) is 0 Å². The van der Waals surface area contributed by atoms with Crippen molar-refractivity contribution in [3.05, 3.63) is 89.5 Å². The second-order valence-corrected chi connectivity index (χ2v) is 8.90. The fraction of sp³-hybridized carbons (Fsp3) is 0.241. The van der Waals surface area contributed by atoms with Crippen molar-refractivity contribution in [2.24, 2.45) is 0 Å². The predicted molar refractivity (Wildman–Crippen MR) is 147 cm³/mol. The summed E-state index contributed by atoms with van der Waals surface area (Å²) >= 11 is 0. The van der Waals surface area contributed by atoms with Gasteiger partial charge in [0.05, 0.1) is 6.42 Å². The highest BCUT2D eigenvalue weighted by molar-refractivity contribution is 6.00. The van der Waals surface area contributed by atoms with Gasteiger partial charge < -0.3 is 26.4 Å². The minimum Gasteiger partial charge on any atom is -0.480 e. The first-order chi connectivity index (χ1) is 18.2. The second-order valence-electron chi connectivity index (χ2n) is 8.90. The molecule has 0 radical (unpaired) electrons. The molecule has 3 aromatic rings. The van der Waals surface area contributed by atoms with Crippen molar-refractivity contribution in [1.29, 1.82) is 0 Å². The van der Waals surface area contributed by atoms with Gasteiger partial charge in [0.1, 0.15) is 6.04 Å². The molecule has 0 fully saturated rings. The number of carboxylic acids is 1. The van der Waals surface area contributed by atoms with Crippen LogP contribution in [0.3, 0.4) is 0 Å². The van der Waals surface area contributed by atoms with E-state index in [1.54, 1.807) is 36.4 Å².